The normalized spacial score (nSPS) is 30.2. The van der Waals surface area contributed by atoms with Crippen LogP contribution in [-0.4, -0.2) is 24.0 Å². The molecule has 0 aliphatic carbocycles. The Morgan fingerprint density at radius 2 is 2.10 bits per heavy atom. The Bertz CT molecular complexity index is 136. The molecule has 2 atom stereocenters. The van der Waals surface area contributed by atoms with E-state index in [4.69, 9.17) is 27.9 Å². The molecule has 1 heterocycles. The number of rotatable bonds is 4. The van der Waals surface area contributed by atoms with Crippen molar-refractivity contribution < 1.29 is 4.74 Å². The quantitative estimate of drug-likeness (QED) is 0.368. The predicted octanol–water partition coefficient (Wildman–Crippen LogP) is 2.18. The first-order valence-corrected chi connectivity index (χ1v) is 4.29. The number of hydrogen-bond acceptors (Lipinski definition) is 1. The molecule has 0 aromatic rings. The van der Waals surface area contributed by atoms with E-state index in [0.29, 0.717) is 17.9 Å². The maximum absolute atomic E-state index is 5.53. The van der Waals surface area contributed by atoms with Gasteiger partial charge in [0.05, 0.1) is 18.1 Å². The fourth-order valence-corrected chi connectivity index (χ4v) is 1.21. The molecule has 0 spiro atoms. The lowest BCUT2D eigenvalue weighted by Crippen LogP contribution is -1.97. The second-order valence-corrected chi connectivity index (χ2v) is 3.03. The van der Waals surface area contributed by atoms with Gasteiger partial charge in [0.15, 0.2) is 0 Å². The van der Waals surface area contributed by atoms with Crippen LogP contribution in [0.1, 0.15) is 6.42 Å². The van der Waals surface area contributed by atoms with E-state index in [1.165, 1.54) is 0 Å². The van der Waals surface area contributed by atoms with Gasteiger partial charge in [-0.3, -0.25) is 0 Å². The third-order valence-electron chi connectivity index (χ3n) is 1.52. The minimum atomic E-state index is 0.252. The van der Waals surface area contributed by atoms with Crippen LogP contribution in [0.4, 0.5) is 0 Å². The van der Waals surface area contributed by atoms with Crippen molar-refractivity contribution in [3.05, 3.63) is 12.2 Å². The Morgan fingerprint density at radius 3 is 2.50 bits per heavy atom. The first-order chi connectivity index (χ1) is 4.77. The van der Waals surface area contributed by atoms with Gasteiger partial charge >= 0.3 is 0 Å². The van der Waals surface area contributed by atoms with Gasteiger partial charge in [-0.15, -0.1) is 23.2 Å². The largest absolute Gasteiger partial charge is 0.368 e. The van der Waals surface area contributed by atoms with E-state index in [-0.39, 0.29) is 6.10 Å². The molecule has 1 rings (SSSR count). The molecule has 1 saturated heterocycles. The van der Waals surface area contributed by atoms with Gasteiger partial charge in [-0.25, -0.2) is 0 Å². The van der Waals surface area contributed by atoms with Gasteiger partial charge in [0.25, 0.3) is 0 Å². The van der Waals surface area contributed by atoms with Crippen LogP contribution in [0.15, 0.2) is 12.2 Å². The molecule has 1 aliphatic heterocycles. The Balaban J connectivity index is 2.11. The van der Waals surface area contributed by atoms with Gasteiger partial charge in [-0.2, -0.15) is 0 Å². The summed E-state index contributed by atoms with van der Waals surface area (Å²) in [6.07, 6.45) is 1.41. The SMILES string of the molecule is C=C(CCl)CC1OC1CCl. The third-order valence-corrected chi connectivity index (χ3v) is 2.20. The van der Waals surface area contributed by atoms with Crippen molar-refractivity contribution in [2.75, 3.05) is 11.8 Å². The second-order valence-electron chi connectivity index (χ2n) is 2.46. The Kier molecular flexibility index (Phi) is 3.02. The lowest BCUT2D eigenvalue weighted by atomic mass is 10.1. The summed E-state index contributed by atoms with van der Waals surface area (Å²) in [4.78, 5) is 0. The van der Waals surface area contributed by atoms with Crippen molar-refractivity contribution in [2.45, 2.75) is 18.6 Å². The molecule has 0 saturated carbocycles. The van der Waals surface area contributed by atoms with Crippen molar-refractivity contribution in [3.8, 4) is 0 Å². The van der Waals surface area contributed by atoms with Gasteiger partial charge in [0.2, 0.25) is 0 Å². The van der Waals surface area contributed by atoms with Crippen LogP contribution in [0.25, 0.3) is 0 Å². The number of halogens is 2. The van der Waals surface area contributed by atoms with E-state index in [1.54, 1.807) is 0 Å². The predicted molar refractivity (Wildman–Crippen MR) is 43.9 cm³/mol. The Hall–Kier alpha value is 0.280. The highest BCUT2D eigenvalue weighted by Crippen LogP contribution is 2.28. The zero-order chi connectivity index (χ0) is 7.56. The molecule has 0 bridgehead atoms. The Labute approximate surface area is 71.0 Å². The molecule has 1 fully saturated rings. The van der Waals surface area contributed by atoms with Crippen molar-refractivity contribution in [1.82, 2.24) is 0 Å². The Morgan fingerprint density at radius 1 is 1.40 bits per heavy atom. The second kappa shape index (κ2) is 3.61. The van der Waals surface area contributed by atoms with E-state index in [9.17, 15) is 0 Å². The monoisotopic (exact) mass is 180 g/mol. The maximum Gasteiger partial charge on any atom is 0.0980 e. The molecule has 0 amide bonds. The smallest absolute Gasteiger partial charge is 0.0980 e. The maximum atomic E-state index is 5.53. The molecule has 0 radical (unpaired) electrons. The summed E-state index contributed by atoms with van der Waals surface area (Å²) in [7, 11) is 0. The van der Waals surface area contributed by atoms with Crippen molar-refractivity contribution in [2.24, 2.45) is 0 Å². The first kappa shape index (κ1) is 8.38. The van der Waals surface area contributed by atoms with Gasteiger partial charge in [-0.05, 0) is 6.42 Å². The van der Waals surface area contributed by atoms with Gasteiger partial charge < -0.3 is 4.74 Å². The highest BCUT2D eigenvalue weighted by atomic mass is 35.5. The van der Waals surface area contributed by atoms with E-state index in [1.807, 2.05) is 0 Å². The summed E-state index contributed by atoms with van der Waals surface area (Å²) in [5.74, 6) is 1.11. The lowest BCUT2D eigenvalue weighted by Gasteiger charge is -1.94. The van der Waals surface area contributed by atoms with Crippen molar-refractivity contribution in [3.63, 3.8) is 0 Å². The van der Waals surface area contributed by atoms with Crippen LogP contribution in [-0.2, 0) is 4.74 Å². The van der Waals surface area contributed by atoms with Crippen LogP contribution < -0.4 is 0 Å². The average molecular weight is 181 g/mol. The summed E-state index contributed by atoms with van der Waals surface area (Å²) in [6.45, 7) is 3.77. The summed E-state index contributed by atoms with van der Waals surface area (Å²) in [5, 5.41) is 0. The first-order valence-electron chi connectivity index (χ1n) is 3.22. The number of alkyl halides is 2. The van der Waals surface area contributed by atoms with E-state index in [2.05, 4.69) is 6.58 Å². The van der Waals surface area contributed by atoms with Crippen molar-refractivity contribution in [1.29, 1.82) is 0 Å². The van der Waals surface area contributed by atoms with E-state index < -0.39 is 0 Å². The number of epoxide rings is 1. The summed E-state index contributed by atoms with van der Waals surface area (Å²) in [6, 6.07) is 0. The fraction of sp³-hybridized carbons (Fsp3) is 0.714. The number of ether oxygens (including phenoxy) is 1. The molecule has 0 N–H and O–H groups in total. The van der Waals surface area contributed by atoms with Crippen LogP contribution in [0.3, 0.4) is 0 Å². The van der Waals surface area contributed by atoms with E-state index >= 15 is 0 Å². The molecule has 1 aliphatic rings. The van der Waals surface area contributed by atoms with Gasteiger partial charge in [0, 0.05) is 5.88 Å². The molecule has 0 aromatic heterocycles. The zero-order valence-corrected chi connectivity index (χ0v) is 7.16. The molecule has 2 unspecified atom stereocenters. The highest BCUT2D eigenvalue weighted by Gasteiger charge is 2.37. The molecule has 3 heteroatoms. The molecular formula is C7H10Cl2O. The highest BCUT2D eigenvalue weighted by molar-refractivity contribution is 6.19. The van der Waals surface area contributed by atoms with Crippen LogP contribution in [0.5, 0.6) is 0 Å². The minimum absolute atomic E-state index is 0.252. The van der Waals surface area contributed by atoms with Crippen LogP contribution in [0, 0.1) is 0 Å². The summed E-state index contributed by atoms with van der Waals surface area (Å²) >= 11 is 11.1. The molecular weight excluding hydrogens is 171 g/mol. The average Bonchev–Trinajstić information content (AvgIpc) is 2.67. The number of hydrogen-bond donors (Lipinski definition) is 0. The minimum Gasteiger partial charge on any atom is -0.368 e. The van der Waals surface area contributed by atoms with E-state index in [0.717, 1.165) is 12.0 Å². The summed E-state index contributed by atoms with van der Waals surface area (Å²) in [5.41, 5.74) is 1.03. The fourth-order valence-electron chi connectivity index (χ4n) is 0.834. The van der Waals surface area contributed by atoms with Gasteiger partial charge in [-0.1, -0.05) is 12.2 Å². The summed E-state index contributed by atoms with van der Waals surface area (Å²) < 4.78 is 5.19. The van der Waals surface area contributed by atoms with Gasteiger partial charge in [0.1, 0.15) is 0 Å². The lowest BCUT2D eigenvalue weighted by molar-refractivity contribution is 0.379. The van der Waals surface area contributed by atoms with Crippen LogP contribution >= 0.6 is 23.2 Å². The molecule has 1 nitrogen and oxygen atoms in total. The molecule has 10 heavy (non-hydrogen) atoms. The molecule has 58 valence electrons. The zero-order valence-electron chi connectivity index (χ0n) is 5.65. The topological polar surface area (TPSA) is 12.5 Å². The third kappa shape index (κ3) is 2.15. The standard InChI is InChI=1S/C7H10Cl2O/c1-5(3-8)2-6-7(4-9)10-6/h6-7H,1-4H2. The van der Waals surface area contributed by atoms with Crippen LogP contribution in [0.2, 0.25) is 0 Å². The molecule has 0 aromatic carbocycles. The van der Waals surface area contributed by atoms with Crippen molar-refractivity contribution >= 4 is 23.2 Å².